The zero-order valence-electron chi connectivity index (χ0n) is 28.6. The van der Waals surface area contributed by atoms with Crippen molar-refractivity contribution in [1.82, 2.24) is 13.7 Å². The van der Waals surface area contributed by atoms with Gasteiger partial charge >= 0.3 is 0 Å². The summed E-state index contributed by atoms with van der Waals surface area (Å²) in [6.45, 7) is 0. The van der Waals surface area contributed by atoms with Crippen LogP contribution in [0.25, 0.3) is 93.6 Å². The van der Waals surface area contributed by atoms with Crippen LogP contribution in [-0.4, -0.2) is 13.7 Å². The molecule has 4 heteroatoms. The Kier molecular flexibility index (Phi) is 6.28. The lowest BCUT2D eigenvalue weighted by atomic mass is 10.0. The van der Waals surface area contributed by atoms with Gasteiger partial charge in [-0.1, -0.05) is 115 Å². The van der Waals surface area contributed by atoms with Crippen LogP contribution in [0.2, 0.25) is 0 Å². The van der Waals surface area contributed by atoms with Crippen LogP contribution in [0.5, 0.6) is 0 Å². The molecule has 0 saturated heterocycles. The molecule has 0 aliphatic heterocycles. The molecule has 0 amide bonds. The monoisotopic (exact) mass is 674 g/mol. The van der Waals surface area contributed by atoms with Gasteiger partial charge in [0.1, 0.15) is 0 Å². The fraction of sp³-hybridized carbons (Fsp3) is 0. The number of para-hydroxylation sites is 4. The zero-order chi connectivity index (χ0) is 35.0. The van der Waals surface area contributed by atoms with E-state index in [4.69, 9.17) is 0 Å². The zero-order valence-corrected chi connectivity index (χ0v) is 28.6. The van der Waals surface area contributed by atoms with Crippen LogP contribution in [0, 0.1) is 11.3 Å². The van der Waals surface area contributed by atoms with Gasteiger partial charge in [-0.25, -0.2) is 0 Å². The molecule has 246 valence electrons. The number of fused-ring (bicyclic) bond motifs is 11. The van der Waals surface area contributed by atoms with Crippen molar-refractivity contribution < 1.29 is 0 Å². The third-order valence-corrected chi connectivity index (χ3v) is 10.8. The van der Waals surface area contributed by atoms with Gasteiger partial charge in [0.15, 0.2) is 0 Å². The SMILES string of the molecule is N#Cc1ccc(-n2c3ccccc3c3c2ccc2c4ccc5c(c6ccccc6n5-c5ccccc5)c4n(-c4ccccc4)c23)c(-c2ccccc2)c1. The topological polar surface area (TPSA) is 38.6 Å². The quantitative estimate of drug-likeness (QED) is 0.183. The Hall–Kier alpha value is -7.35. The van der Waals surface area contributed by atoms with E-state index in [2.05, 4.69) is 184 Å². The molecule has 0 atom stereocenters. The number of benzene rings is 8. The molecule has 0 bridgehead atoms. The maximum absolute atomic E-state index is 9.95. The van der Waals surface area contributed by atoms with E-state index in [0.29, 0.717) is 5.56 Å². The third-order valence-electron chi connectivity index (χ3n) is 10.8. The molecule has 3 heterocycles. The summed E-state index contributed by atoms with van der Waals surface area (Å²) >= 11 is 0. The van der Waals surface area contributed by atoms with Crippen molar-refractivity contribution in [3.8, 4) is 34.3 Å². The molecule has 3 aromatic heterocycles. The molecule has 11 rings (SSSR count). The lowest BCUT2D eigenvalue weighted by Crippen LogP contribution is -1.98. The Labute approximate surface area is 305 Å². The highest BCUT2D eigenvalue weighted by Gasteiger charge is 2.25. The first-order valence-electron chi connectivity index (χ1n) is 17.9. The molecule has 0 aliphatic rings. The number of rotatable bonds is 4. The van der Waals surface area contributed by atoms with E-state index in [1.165, 1.54) is 54.4 Å². The number of hydrogen-bond donors (Lipinski definition) is 0. The van der Waals surface area contributed by atoms with Crippen LogP contribution >= 0.6 is 0 Å². The largest absolute Gasteiger partial charge is 0.309 e. The van der Waals surface area contributed by atoms with Crippen LogP contribution in [0.3, 0.4) is 0 Å². The smallest absolute Gasteiger partial charge is 0.0991 e. The molecular formula is C49H30N4. The van der Waals surface area contributed by atoms with Crippen molar-refractivity contribution in [2.45, 2.75) is 0 Å². The maximum atomic E-state index is 9.95. The Balaban J connectivity index is 1.35. The van der Waals surface area contributed by atoms with E-state index in [-0.39, 0.29) is 0 Å². The van der Waals surface area contributed by atoms with E-state index < -0.39 is 0 Å². The number of hydrogen-bond acceptors (Lipinski definition) is 1. The fourth-order valence-electron chi connectivity index (χ4n) is 8.69. The van der Waals surface area contributed by atoms with Crippen molar-refractivity contribution in [2.75, 3.05) is 0 Å². The molecule has 0 fully saturated rings. The average molecular weight is 675 g/mol. The van der Waals surface area contributed by atoms with Gasteiger partial charge in [0.25, 0.3) is 0 Å². The Morgan fingerprint density at radius 3 is 1.45 bits per heavy atom. The molecule has 0 N–H and O–H groups in total. The summed E-state index contributed by atoms with van der Waals surface area (Å²) in [6, 6.07) is 67.0. The van der Waals surface area contributed by atoms with Crippen LogP contribution < -0.4 is 0 Å². The molecule has 0 unspecified atom stereocenters. The van der Waals surface area contributed by atoms with Gasteiger partial charge in [0.2, 0.25) is 0 Å². The summed E-state index contributed by atoms with van der Waals surface area (Å²) in [5.41, 5.74) is 13.0. The van der Waals surface area contributed by atoms with Gasteiger partial charge in [-0.05, 0) is 72.3 Å². The van der Waals surface area contributed by atoms with Gasteiger partial charge in [0, 0.05) is 49.3 Å². The molecule has 8 aromatic carbocycles. The predicted molar refractivity (Wildman–Crippen MR) is 220 cm³/mol. The molecule has 11 aromatic rings. The van der Waals surface area contributed by atoms with Crippen molar-refractivity contribution in [3.05, 3.63) is 188 Å². The van der Waals surface area contributed by atoms with Crippen LogP contribution in [0.1, 0.15) is 5.56 Å². The lowest BCUT2D eigenvalue weighted by Gasteiger charge is -2.15. The van der Waals surface area contributed by atoms with Gasteiger partial charge in [0.05, 0.1) is 50.4 Å². The number of nitrogens with zero attached hydrogens (tertiary/aromatic N) is 4. The summed E-state index contributed by atoms with van der Waals surface area (Å²) in [7, 11) is 0. The molecule has 53 heavy (non-hydrogen) atoms. The minimum Gasteiger partial charge on any atom is -0.309 e. The Morgan fingerprint density at radius 1 is 0.377 bits per heavy atom. The summed E-state index contributed by atoms with van der Waals surface area (Å²) in [5.74, 6) is 0. The molecule has 0 aliphatic carbocycles. The first-order chi connectivity index (χ1) is 26.3. The predicted octanol–water partition coefficient (Wildman–Crippen LogP) is 12.5. The Morgan fingerprint density at radius 2 is 0.868 bits per heavy atom. The summed E-state index contributed by atoms with van der Waals surface area (Å²) in [5, 5.41) is 17.2. The molecule has 0 saturated carbocycles. The highest BCUT2D eigenvalue weighted by molar-refractivity contribution is 6.31. The molecule has 0 spiro atoms. The van der Waals surface area contributed by atoms with E-state index in [9.17, 15) is 5.26 Å². The van der Waals surface area contributed by atoms with Crippen molar-refractivity contribution >= 4 is 65.4 Å². The highest BCUT2D eigenvalue weighted by atomic mass is 15.0. The second-order valence-electron chi connectivity index (χ2n) is 13.6. The lowest BCUT2D eigenvalue weighted by molar-refractivity contribution is 1.17. The van der Waals surface area contributed by atoms with E-state index in [1.54, 1.807) is 0 Å². The normalized spacial score (nSPS) is 11.8. The van der Waals surface area contributed by atoms with Gasteiger partial charge < -0.3 is 13.7 Å². The van der Waals surface area contributed by atoms with Gasteiger partial charge in [-0.2, -0.15) is 5.26 Å². The minimum absolute atomic E-state index is 0.638. The summed E-state index contributed by atoms with van der Waals surface area (Å²) in [4.78, 5) is 0. The number of aromatic nitrogens is 3. The van der Waals surface area contributed by atoms with Crippen LogP contribution in [0.4, 0.5) is 0 Å². The highest BCUT2D eigenvalue weighted by Crippen LogP contribution is 2.46. The average Bonchev–Trinajstić information content (AvgIpc) is 3.87. The molecule has 4 nitrogen and oxygen atoms in total. The second-order valence-corrected chi connectivity index (χ2v) is 13.6. The van der Waals surface area contributed by atoms with Crippen molar-refractivity contribution in [2.24, 2.45) is 0 Å². The van der Waals surface area contributed by atoms with Crippen LogP contribution in [0.15, 0.2) is 182 Å². The first kappa shape index (κ1) is 29.4. The fourth-order valence-corrected chi connectivity index (χ4v) is 8.69. The summed E-state index contributed by atoms with van der Waals surface area (Å²) < 4.78 is 7.29. The molecule has 0 radical (unpaired) electrons. The number of nitriles is 1. The van der Waals surface area contributed by atoms with E-state index in [1.807, 2.05) is 18.2 Å². The van der Waals surface area contributed by atoms with E-state index in [0.717, 1.165) is 39.2 Å². The van der Waals surface area contributed by atoms with Crippen LogP contribution in [-0.2, 0) is 0 Å². The molecular weight excluding hydrogens is 645 g/mol. The maximum Gasteiger partial charge on any atom is 0.0991 e. The van der Waals surface area contributed by atoms with Gasteiger partial charge in [-0.3, -0.25) is 0 Å². The third kappa shape index (κ3) is 4.16. The summed E-state index contributed by atoms with van der Waals surface area (Å²) in [6.07, 6.45) is 0. The minimum atomic E-state index is 0.638. The Bertz CT molecular complexity index is 3270. The second kappa shape index (κ2) is 11.3. The van der Waals surface area contributed by atoms with Crippen molar-refractivity contribution in [3.63, 3.8) is 0 Å². The van der Waals surface area contributed by atoms with Gasteiger partial charge in [-0.15, -0.1) is 0 Å². The standard InChI is InChI=1S/C49H30N4/c50-31-32-24-27-43(40(30-32)33-14-4-1-5-15-33)53-42-23-13-11-21-39(42)47-45(53)29-26-37-36-25-28-44-46(48(36)52(49(37)47)35-18-8-3-9-19-35)38-20-10-12-22-41(38)51(44)34-16-6-2-7-17-34/h1-30H. The first-order valence-corrected chi connectivity index (χ1v) is 17.9. The van der Waals surface area contributed by atoms with E-state index >= 15 is 0 Å². The van der Waals surface area contributed by atoms with Crippen molar-refractivity contribution in [1.29, 1.82) is 5.26 Å².